The van der Waals surface area contributed by atoms with Crippen LogP contribution in [0, 0.1) is 29.1 Å². The van der Waals surface area contributed by atoms with E-state index in [0.717, 1.165) is 32.0 Å². The Bertz CT molecular complexity index is 1070. The molecule has 4 rings (SSSR count). The molecule has 0 unspecified atom stereocenters. The molecule has 6 nitrogen and oxygen atoms in total. The van der Waals surface area contributed by atoms with E-state index in [2.05, 4.69) is 20.9 Å². The second-order valence-electron chi connectivity index (χ2n) is 9.35. The first kappa shape index (κ1) is 24.1. The molecule has 3 heterocycles. The highest BCUT2D eigenvalue weighted by atomic mass is 19.4. The van der Waals surface area contributed by atoms with E-state index >= 15 is 0 Å². The van der Waals surface area contributed by atoms with Crippen molar-refractivity contribution < 1.29 is 18.0 Å². The zero-order valence-electron chi connectivity index (χ0n) is 19.5. The van der Waals surface area contributed by atoms with Crippen molar-refractivity contribution >= 4 is 11.6 Å². The monoisotopic (exact) mass is 473 g/mol. The number of nitrogens with zero attached hydrogens (tertiary/aromatic N) is 4. The van der Waals surface area contributed by atoms with Crippen LogP contribution in [0.4, 0.5) is 18.9 Å². The van der Waals surface area contributed by atoms with Gasteiger partial charge in [0.25, 0.3) is 0 Å². The Morgan fingerprint density at radius 3 is 2.53 bits per heavy atom. The van der Waals surface area contributed by atoms with Crippen molar-refractivity contribution in [1.29, 1.82) is 5.26 Å². The first-order chi connectivity index (χ1) is 16.2. The Kier molecular flexibility index (Phi) is 6.89. The molecule has 182 valence electrons. The molecule has 0 spiro atoms. The standard InChI is InChI=1S/C25H30F3N5O/c1-30-24(34)22-16-32(14-20-4-3-9-31(20)2)15-21(22)17-7-10-33(11-8-17)19-6-5-18(13-29)23(12-19)25(26,27)28/h3-6,9,12,17,21-22H,7-8,10-11,14-16H2,1-2H3,(H,30,34)/t21-,22+/m0/s1. The fraction of sp³-hybridized carbons (Fsp3) is 0.520. The summed E-state index contributed by atoms with van der Waals surface area (Å²) < 4.78 is 42.2. The molecule has 1 N–H and O–H groups in total. The van der Waals surface area contributed by atoms with Gasteiger partial charge < -0.3 is 14.8 Å². The van der Waals surface area contributed by atoms with Gasteiger partial charge in [-0.2, -0.15) is 18.4 Å². The maximum atomic E-state index is 13.4. The van der Waals surface area contributed by atoms with Crippen LogP contribution in [0.15, 0.2) is 36.5 Å². The normalized spacial score (nSPS) is 22.1. The summed E-state index contributed by atoms with van der Waals surface area (Å²) in [5.74, 6) is 0.517. The Hall–Kier alpha value is -2.99. The van der Waals surface area contributed by atoms with Crippen LogP contribution in [0.3, 0.4) is 0 Å². The van der Waals surface area contributed by atoms with Crippen molar-refractivity contribution in [1.82, 2.24) is 14.8 Å². The SMILES string of the molecule is CNC(=O)[C@@H]1CN(Cc2cccn2C)C[C@H]1C1CCN(c2ccc(C#N)c(C(F)(F)F)c2)CC1. The van der Waals surface area contributed by atoms with Crippen molar-refractivity contribution in [2.24, 2.45) is 24.8 Å². The fourth-order valence-corrected chi connectivity index (χ4v) is 5.52. The number of benzene rings is 1. The van der Waals surface area contributed by atoms with E-state index in [1.807, 2.05) is 24.2 Å². The van der Waals surface area contributed by atoms with Gasteiger partial charge in [0.1, 0.15) is 0 Å². The Balaban J connectivity index is 1.44. The second-order valence-corrected chi connectivity index (χ2v) is 9.35. The first-order valence-corrected chi connectivity index (χ1v) is 11.6. The number of piperidine rings is 1. The average molecular weight is 474 g/mol. The molecule has 2 aliphatic rings. The number of nitriles is 1. The average Bonchev–Trinajstić information content (AvgIpc) is 3.44. The largest absolute Gasteiger partial charge is 0.417 e. The highest BCUT2D eigenvalue weighted by Gasteiger charge is 2.42. The lowest BCUT2D eigenvalue weighted by Gasteiger charge is -2.37. The van der Waals surface area contributed by atoms with Crippen LogP contribution < -0.4 is 10.2 Å². The second kappa shape index (κ2) is 9.71. The van der Waals surface area contributed by atoms with Crippen LogP contribution in [0.1, 0.15) is 29.7 Å². The fourth-order valence-electron chi connectivity index (χ4n) is 5.52. The summed E-state index contributed by atoms with van der Waals surface area (Å²) in [6, 6.07) is 9.68. The van der Waals surface area contributed by atoms with Crippen LogP contribution >= 0.6 is 0 Å². The van der Waals surface area contributed by atoms with E-state index < -0.39 is 11.7 Å². The minimum Gasteiger partial charge on any atom is -0.372 e. The van der Waals surface area contributed by atoms with Gasteiger partial charge in [-0.05, 0) is 55.0 Å². The summed E-state index contributed by atoms with van der Waals surface area (Å²) in [5, 5.41) is 11.9. The third-order valence-electron chi connectivity index (χ3n) is 7.40. The number of carbonyl (C=O) groups is 1. The molecular weight excluding hydrogens is 443 g/mol. The quantitative estimate of drug-likeness (QED) is 0.721. The number of aromatic nitrogens is 1. The van der Waals surface area contributed by atoms with Crippen LogP contribution in [-0.4, -0.2) is 48.6 Å². The molecule has 9 heteroatoms. The smallest absolute Gasteiger partial charge is 0.372 e. The lowest BCUT2D eigenvalue weighted by Crippen LogP contribution is -2.41. The Morgan fingerprint density at radius 1 is 1.21 bits per heavy atom. The number of hydrogen-bond acceptors (Lipinski definition) is 4. The van der Waals surface area contributed by atoms with Crippen LogP contribution in [0.25, 0.3) is 0 Å². The van der Waals surface area contributed by atoms with Gasteiger partial charge in [-0.25, -0.2) is 0 Å². The zero-order valence-corrected chi connectivity index (χ0v) is 19.5. The molecule has 0 aliphatic carbocycles. The summed E-state index contributed by atoms with van der Waals surface area (Å²) in [4.78, 5) is 17.0. The number of halogens is 3. The number of anilines is 1. The molecule has 2 atom stereocenters. The summed E-state index contributed by atoms with van der Waals surface area (Å²) in [6.45, 7) is 3.59. The molecule has 2 saturated heterocycles. The van der Waals surface area contributed by atoms with Gasteiger partial charge in [-0.15, -0.1) is 0 Å². The maximum absolute atomic E-state index is 13.4. The van der Waals surface area contributed by atoms with E-state index in [9.17, 15) is 18.0 Å². The van der Waals surface area contributed by atoms with Gasteiger partial charge in [-0.3, -0.25) is 9.69 Å². The number of rotatable bonds is 5. The predicted molar refractivity (Wildman–Crippen MR) is 123 cm³/mol. The molecular formula is C25H30F3N5O. The van der Waals surface area contributed by atoms with E-state index in [4.69, 9.17) is 5.26 Å². The third-order valence-corrected chi connectivity index (χ3v) is 7.40. The Labute approximate surface area is 197 Å². The summed E-state index contributed by atoms with van der Waals surface area (Å²) in [7, 11) is 3.69. The number of hydrogen-bond donors (Lipinski definition) is 1. The van der Waals surface area contributed by atoms with Gasteiger partial charge in [-0.1, -0.05) is 0 Å². The van der Waals surface area contributed by atoms with E-state index in [1.165, 1.54) is 11.8 Å². The zero-order chi connectivity index (χ0) is 24.5. The van der Waals surface area contributed by atoms with Gasteiger partial charge in [0.15, 0.2) is 0 Å². The molecule has 0 radical (unpaired) electrons. The lowest BCUT2D eigenvalue weighted by atomic mass is 9.78. The van der Waals surface area contributed by atoms with E-state index in [1.54, 1.807) is 19.2 Å². The van der Waals surface area contributed by atoms with Crippen molar-refractivity contribution in [2.75, 3.05) is 38.1 Å². The van der Waals surface area contributed by atoms with Gasteiger partial charge in [0, 0.05) is 64.4 Å². The molecule has 2 aliphatic heterocycles. The molecule has 34 heavy (non-hydrogen) atoms. The molecule has 0 saturated carbocycles. The number of alkyl halides is 3. The molecule has 1 amide bonds. The number of nitrogens with one attached hydrogen (secondary N) is 1. The highest BCUT2D eigenvalue weighted by molar-refractivity contribution is 5.79. The van der Waals surface area contributed by atoms with Gasteiger partial charge in [0.2, 0.25) is 5.91 Å². The van der Waals surface area contributed by atoms with Crippen molar-refractivity contribution in [3.8, 4) is 6.07 Å². The molecule has 1 aromatic heterocycles. The van der Waals surface area contributed by atoms with Crippen LogP contribution in [0.5, 0.6) is 0 Å². The molecule has 1 aromatic carbocycles. The summed E-state index contributed by atoms with van der Waals surface area (Å²) in [6.07, 6.45) is -0.914. The summed E-state index contributed by atoms with van der Waals surface area (Å²) >= 11 is 0. The van der Waals surface area contributed by atoms with Gasteiger partial charge >= 0.3 is 6.18 Å². The van der Waals surface area contributed by atoms with Crippen molar-refractivity contribution in [3.05, 3.63) is 53.3 Å². The minimum absolute atomic E-state index is 0.0590. The van der Waals surface area contributed by atoms with Gasteiger partial charge in [0.05, 0.1) is 23.1 Å². The molecule has 2 fully saturated rings. The van der Waals surface area contributed by atoms with E-state index in [0.29, 0.717) is 31.2 Å². The van der Waals surface area contributed by atoms with Crippen molar-refractivity contribution in [2.45, 2.75) is 25.6 Å². The number of carbonyl (C=O) groups excluding carboxylic acids is 1. The topological polar surface area (TPSA) is 64.3 Å². The lowest BCUT2D eigenvalue weighted by molar-refractivity contribution is -0.137. The molecule has 0 bridgehead atoms. The minimum atomic E-state index is -4.56. The van der Waals surface area contributed by atoms with Crippen molar-refractivity contribution in [3.63, 3.8) is 0 Å². The third kappa shape index (κ3) is 4.92. The molecule has 2 aromatic rings. The van der Waals surface area contributed by atoms with Crippen LogP contribution in [-0.2, 0) is 24.6 Å². The number of amides is 1. The maximum Gasteiger partial charge on any atom is 0.417 e. The van der Waals surface area contributed by atoms with E-state index in [-0.39, 0.29) is 23.3 Å². The first-order valence-electron chi connectivity index (χ1n) is 11.6. The number of aryl methyl sites for hydroxylation is 1. The highest BCUT2D eigenvalue weighted by Crippen LogP contribution is 2.39. The number of likely N-dealkylation sites (tertiary alicyclic amines) is 1. The summed E-state index contributed by atoms with van der Waals surface area (Å²) in [5.41, 5.74) is 0.446. The van der Waals surface area contributed by atoms with Crippen LogP contribution in [0.2, 0.25) is 0 Å². The Morgan fingerprint density at radius 2 is 1.94 bits per heavy atom. The predicted octanol–water partition coefficient (Wildman–Crippen LogP) is 3.63.